The van der Waals surface area contributed by atoms with Gasteiger partial charge >= 0.3 is 0 Å². The van der Waals surface area contributed by atoms with Crippen LogP contribution in [0.2, 0.25) is 0 Å². The van der Waals surface area contributed by atoms with E-state index >= 15 is 0 Å². The van der Waals surface area contributed by atoms with Crippen LogP contribution in [0.25, 0.3) is 11.1 Å². The van der Waals surface area contributed by atoms with E-state index in [-0.39, 0.29) is 5.91 Å². The Morgan fingerprint density at radius 3 is 2.82 bits per heavy atom. The normalized spacial score (nSPS) is 12.3. The number of nitrogens with zero attached hydrogens (tertiary/aromatic N) is 2. The second-order valence-electron chi connectivity index (χ2n) is 5.63. The first-order valence-corrected chi connectivity index (χ1v) is 7.57. The van der Waals surface area contributed by atoms with Crippen LogP contribution in [-0.4, -0.2) is 5.91 Å². The number of aryl methyl sites for hydroxylation is 1. The lowest BCUT2D eigenvalue weighted by Gasteiger charge is -2.30. The molecule has 1 aliphatic rings. The standard InChI is InChI=1S/C19H18N2O/c1-14(22)21-13-16-12-15(6-4-5-11-20)9-10-17(16)18-7-2-3-8-19(18)21/h2-3,7-10,12H,4-6,13H2,1H3. The molecule has 0 aromatic heterocycles. The molecule has 0 aliphatic carbocycles. The quantitative estimate of drug-likeness (QED) is 0.800. The third-order valence-electron chi connectivity index (χ3n) is 4.12. The summed E-state index contributed by atoms with van der Waals surface area (Å²) >= 11 is 0. The van der Waals surface area contributed by atoms with Crippen LogP contribution in [-0.2, 0) is 17.8 Å². The fourth-order valence-corrected chi connectivity index (χ4v) is 3.04. The van der Waals surface area contributed by atoms with Gasteiger partial charge in [-0.2, -0.15) is 5.26 Å². The fraction of sp³-hybridized carbons (Fsp3) is 0.263. The lowest BCUT2D eigenvalue weighted by Crippen LogP contribution is -2.30. The van der Waals surface area contributed by atoms with Crippen molar-refractivity contribution in [3.8, 4) is 17.2 Å². The molecule has 0 atom stereocenters. The first-order chi connectivity index (χ1) is 10.7. The highest BCUT2D eigenvalue weighted by Gasteiger charge is 2.24. The van der Waals surface area contributed by atoms with Crippen molar-refractivity contribution in [2.45, 2.75) is 32.7 Å². The van der Waals surface area contributed by atoms with Crippen LogP contribution in [0.15, 0.2) is 42.5 Å². The molecule has 1 aliphatic heterocycles. The first-order valence-electron chi connectivity index (χ1n) is 7.57. The number of hydrogen-bond donors (Lipinski definition) is 0. The Morgan fingerprint density at radius 1 is 1.23 bits per heavy atom. The molecule has 3 rings (SSSR count). The number of carbonyl (C=O) groups is 1. The van der Waals surface area contributed by atoms with Gasteiger partial charge in [-0.25, -0.2) is 0 Å². The number of carbonyl (C=O) groups excluding carboxylic acids is 1. The molecule has 0 spiro atoms. The Hall–Kier alpha value is -2.60. The summed E-state index contributed by atoms with van der Waals surface area (Å²) in [6.45, 7) is 2.23. The molecule has 3 nitrogen and oxygen atoms in total. The average Bonchev–Trinajstić information content (AvgIpc) is 2.54. The van der Waals surface area contributed by atoms with Crippen LogP contribution >= 0.6 is 0 Å². The van der Waals surface area contributed by atoms with Gasteiger partial charge in [0.25, 0.3) is 0 Å². The van der Waals surface area contributed by atoms with Crippen molar-refractivity contribution < 1.29 is 4.79 Å². The first kappa shape index (κ1) is 14.3. The number of rotatable bonds is 3. The molecule has 22 heavy (non-hydrogen) atoms. The topological polar surface area (TPSA) is 44.1 Å². The summed E-state index contributed by atoms with van der Waals surface area (Å²) in [4.78, 5) is 13.8. The fourth-order valence-electron chi connectivity index (χ4n) is 3.04. The van der Waals surface area contributed by atoms with Crippen LogP contribution in [0.3, 0.4) is 0 Å². The molecule has 0 radical (unpaired) electrons. The van der Waals surface area contributed by atoms with Crippen molar-refractivity contribution in [2.24, 2.45) is 0 Å². The van der Waals surface area contributed by atoms with Crippen LogP contribution in [0.5, 0.6) is 0 Å². The van der Waals surface area contributed by atoms with Crippen molar-refractivity contribution in [1.29, 1.82) is 5.26 Å². The summed E-state index contributed by atoms with van der Waals surface area (Å²) < 4.78 is 0. The maximum absolute atomic E-state index is 12.0. The Morgan fingerprint density at radius 2 is 2.05 bits per heavy atom. The van der Waals surface area contributed by atoms with E-state index in [1.54, 1.807) is 6.92 Å². The lowest BCUT2D eigenvalue weighted by molar-refractivity contribution is -0.116. The van der Waals surface area contributed by atoms with Crippen LogP contribution < -0.4 is 4.90 Å². The van der Waals surface area contributed by atoms with Gasteiger partial charge in [0, 0.05) is 18.9 Å². The summed E-state index contributed by atoms with van der Waals surface area (Å²) in [6, 6.07) is 16.7. The summed E-state index contributed by atoms with van der Waals surface area (Å²) in [5.41, 5.74) is 5.72. The second-order valence-corrected chi connectivity index (χ2v) is 5.63. The Kier molecular flexibility index (Phi) is 3.93. The number of nitriles is 1. The molecule has 0 fully saturated rings. The van der Waals surface area contributed by atoms with E-state index < -0.39 is 0 Å². The van der Waals surface area contributed by atoms with Crippen LogP contribution in [0, 0.1) is 11.3 Å². The summed E-state index contributed by atoms with van der Waals surface area (Å²) in [7, 11) is 0. The third kappa shape index (κ3) is 2.60. The number of amides is 1. The molecule has 0 saturated heterocycles. The predicted molar refractivity (Wildman–Crippen MR) is 87.3 cm³/mol. The SMILES string of the molecule is CC(=O)N1Cc2cc(CCCC#N)ccc2-c2ccccc21. The van der Waals surface area contributed by atoms with E-state index in [1.165, 1.54) is 16.7 Å². The van der Waals surface area contributed by atoms with Crippen molar-refractivity contribution >= 4 is 11.6 Å². The Bertz CT molecular complexity index is 758. The highest BCUT2D eigenvalue weighted by Crippen LogP contribution is 2.39. The molecule has 2 aromatic carbocycles. The monoisotopic (exact) mass is 290 g/mol. The lowest BCUT2D eigenvalue weighted by atomic mass is 9.91. The number of para-hydroxylation sites is 1. The van der Waals surface area contributed by atoms with Crippen molar-refractivity contribution in [3.63, 3.8) is 0 Å². The molecule has 3 heteroatoms. The molecular formula is C19H18N2O. The Labute approximate surface area is 130 Å². The molecule has 0 bridgehead atoms. The van der Waals surface area contributed by atoms with Crippen molar-refractivity contribution in [2.75, 3.05) is 4.90 Å². The van der Waals surface area contributed by atoms with Crippen molar-refractivity contribution in [3.05, 3.63) is 53.6 Å². The van der Waals surface area contributed by atoms with E-state index in [1.807, 2.05) is 23.1 Å². The van der Waals surface area contributed by atoms with E-state index in [9.17, 15) is 4.79 Å². The summed E-state index contributed by atoms with van der Waals surface area (Å²) in [5, 5.41) is 8.65. The number of hydrogen-bond acceptors (Lipinski definition) is 2. The van der Waals surface area contributed by atoms with E-state index in [0.717, 1.165) is 24.1 Å². The highest BCUT2D eigenvalue weighted by molar-refractivity contribution is 5.99. The maximum Gasteiger partial charge on any atom is 0.224 e. The molecule has 1 amide bonds. The molecule has 1 heterocycles. The summed E-state index contributed by atoms with van der Waals surface area (Å²) in [6.07, 6.45) is 2.37. The molecule has 2 aromatic rings. The zero-order valence-electron chi connectivity index (χ0n) is 12.7. The molecule has 0 unspecified atom stereocenters. The average molecular weight is 290 g/mol. The highest BCUT2D eigenvalue weighted by atomic mass is 16.2. The number of anilines is 1. The van der Waals surface area contributed by atoms with E-state index in [0.29, 0.717) is 13.0 Å². The minimum atomic E-state index is 0.0629. The van der Waals surface area contributed by atoms with Gasteiger partial charge in [0.05, 0.1) is 18.3 Å². The zero-order valence-corrected chi connectivity index (χ0v) is 12.7. The number of fused-ring (bicyclic) bond motifs is 3. The predicted octanol–water partition coefficient (Wildman–Crippen LogP) is 4.07. The minimum Gasteiger partial charge on any atom is -0.308 e. The van der Waals surface area contributed by atoms with E-state index in [2.05, 4.69) is 30.3 Å². The Balaban J connectivity index is 1.99. The van der Waals surface area contributed by atoms with E-state index in [4.69, 9.17) is 5.26 Å². The van der Waals surface area contributed by atoms with Gasteiger partial charge in [-0.05, 0) is 35.6 Å². The van der Waals surface area contributed by atoms with Gasteiger partial charge in [-0.3, -0.25) is 4.79 Å². The van der Waals surface area contributed by atoms with Crippen LogP contribution in [0.1, 0.15) is 30.9 Å². The smallest absolute Gasteiger partial charge is 0.224 e. The van der Waals surface area contributed by atoms with Gasteiger partial charge in [0.2, 0.25) is 5.91 Å². The molecule has 0 saturated carbocycles. The maximum atomic E-state index is 12.0. The molecule has 0 N–H and O–H groups in total. The van der Waals surface area contributed by atoms with Gasteiger partial charge in [0.1, 0.15) is 0 Å². The number of unbranched alkanes of at least 4 members (excludes halogenated alkanes) is 1. The van der Waals surface area contributed by atoms with Gasteiger partial charge in [-0.15, -0.1) is 0 Å². The zero-order chi connectivity index (χ0) is 15.5. The summed E-state index contributed by atoms with van der Waals surface area (Å²) in [5.74, 6) is 0.0629. The van der Waals surface area contributed by atoms with Crippen molar-refractivity contribution in [1.82, 2.24) is 0 Å². The van der Waals surface area contributed by atoms with Crippen LogP contribution in [0.4, 0.5) is 5.69 Å². The van der Waals surface area contributed by atoms with Gasteiger partial charge < -0.3 is 4.90 Å². The number of benzene rings is 2. The minimum absolute atomic E-state index is 0.0629. The second kappa shape index (κ2) is 6.03. The largest absolute Gasteiger partial charge is 0.308 e. The third-order valence-corrected chi connectivity index (χ3v) is 4.12. The molecule has 110 valence electrons. The van der Waals surface area contributed by atoms with Gasteiger partial charge in [-0.1, -0.05) is 36.4 Å². The van der Waals surface area contributed by atoms with Gasteiger partial charge in [0.15, 0.2) is 0 Å². The molecular weight excluding hydrogens is 272 g/mol.